The van der Waals surface area contributed by atoms with Gasteiger partial charge in [0.05, 0.1) is 0 Å². The van der Waals surface area contributed by atoms with Crippen molar-refractivity contribution < 1.29 is 13.2 Å². The minimum atomic E-state index is -2.08. The van der Waals surface area contributed by atoms with Crippen LogP contribution >= 0.6 is 7.14 Å². The van der Waals surface area contributed by atoms with E-state index in [1.54, 1.807) is 12.1 Å². The summed E-state index contributed by atoms with van der Waals surface area (Å²) < 4.78 is 41.3. The van der Waals surface area contributed by atoms with E-state index in [2.05, 4.69) is 20.3 Å². The molecule has 0 radical (unpaired) electrons. The molecule has 0 amide bonds. The average Bonchev–Trinajstić information content (AvgIpc) is 2.86. The van der Waals surface area contributed by atoms with Gasteiger partial charge >= 0.3 is 209 Å². The predicted molar refractivity (Wildman–Crippen MR) is 148 cm³/mol. The van der Waals surface area contributed by atoms with Gasteiger partial charge in [-0.1, -0.05) is 0 Å². The molecule has 35 heavy (non-hydrogen) atoms. The van der Waals surface area contributed by atoms with Crippen molar-refractivity contribution in [3.05, 3.63) is 101 Å². The summed E-state index contributed by atoms with van der Waals surface area (Å²) in [6, 6.07) is 20.5. The molecule has 1 saturated carbocycles. The van der Waals surface area contributed by atoms with Crippen LogP contribution in [-0.2, 0) is 0 Å². The SMILES string of the molecule is C/C(=C(\C[PH](C)(C)B(c1ccc(F)cc1)c1ccc(F)cc1)C1CCCCC1)c1ccc(F)cc1. The monoisotopic (exact) mass is 494 g/mol. The molecule has 0 saturated heterocycles. The van der Waals surface area contributed by atoms with Crippen LogP contribution in [0.15, 0.2) is 78.4 Å². The molecule has 0 aromatic heterocycles. The molecule has 1 aliphatic rings. The Labute approximate surface area is 209 Å². The van der Waals surface area contributed by atoms with Gasteiger partial charge in [-0.05, 0) is 0 Å². The fraction of sp³-hybridized carbons (Fsp3) is 0.333. The second kappa shape index (κ2) is 11.2. The maximum absolute atomic E-state index is 13.8. The summed E-state index contributed by atoms with van der Waals surface area (Å²) in [5.74, 6) is -0.187. The Hall–Kier alpha value is -2.32. The quantitative estimate of drug-likeness (QED) is 0.239. The van der Waals surface area contributed by atoms with E-state index in [1.807, 2.05) is 36.4 Å². The van der Waals surface area contributed by atoms with Crippen LogP contribution in [0.2, 0.25) is 0 Å². The van der Waals surface area contributed by atoms with Gasteiger partial charge in [-0.3, -0.25) is 0 Å². The molecule has 5 heteroatoms. The molecule has 0 atom stereocenters. The molecule has 3 aromatic carbocycles. The van der Waals surface area contributed by atoms with Crippen LogP contribution in [0.4, 0.5) is 13.2 Å². The van der Waals surface area contributed by atoms with Gasteiger partial charge in [0.25, 0.3) is 0 Å². The molecule has 0 heterocycles. The summed E-state index contributed by atoms with van der Waals surface area (Å²) in [5, 5.41) is 0. The van der Waals surface area contributed by atoms with Gasteiger partial charge in [-0.15, -0.1) is 0 Å². The van der Waals surface area contributed by atoms with Crippen LogP contribution in [0.1, 0.15) is 44.6 Å². The zero-order valence-electron chi connectivity index (χ0n) is 21.0. The van der Waals surface area contributed by atoms with Crippen LogP contribution in [-0.4, -0.2) is 25.9 Å². The number of halogens is 3. The van der Waals surface area contributed by atoms with E-state index in [0.717, 1.165) is 22.7 Å². The van der Waals surface area contributed by atoms with Crippen LogP contribution in [0.25, 0.3) is 5.57 Å². The molecule has 3 aromatic rings. The first-order valence-electron chi connectivity index (χ1n) is 12.7. The van der Waals surface area contributed by atoms with Crippen molar-refractivity contribution in [2.45, 2.75) is 39.0 Å². The Balaban J connectivity index is 1.78. The summed E-state index contributed by atoms with van der Waals surface area (Å²) >= 11 is 0. The molecule has 1 fully saturated rings. The van der Waals surface area contributed by atoms with Crippen molar-refractivity contribution in [2.75, 3.05) is 19.5 Å². The summed E-state index contributed by atoms with van der Waals surface area (Å²) in [4.78, 5) is 0. The van der Waals surface area contributed by atoms with E-state index < -0.39 is 7.14 Å². The first kappa shape index (κ1) is 25.8. The van der Waals surface area contributed by atoms with Crippen molar-refractivity contribution in [3.8, 4) is 0 Å². The van der Waals surface area contributed by atoms with Gasteiger partial charge < -0.3 is 0 Å². The topological polar surface area (TPSA) is 0 Å². The minimum absolute atomic E-state index is 0.100. The molecule has 1 aliphatic carbocycles. The molecule has 0 unspecified atom stereocenters. The Morgan fingerprint density at radius 3 is 1.60 bits per heavy atom. The van der Waals surface area contributed by atoms with E-state index >= 15 is 0 Å². The summed E-state index contributed by atoms with van der Waals surface area (Å²) in [7, 11) is -2.08. The first-order chi connectivity index (χ1) is 16.7. The zero-order chi connectivity index (χ0) is 25.0. The third kappa shape index (κ3) is 6.28. The first-order valence-corrected chi connectivity index (χ1v) is 16.0. The van der Waals surface area contributed by atoms with E-state index in [9.17, 15) is 13.2 Å². The standard InChI is InChI=1S/C30H35BF3P/c1-22(23-9-15-27(32)16-10-23)30(24-7-5-4-6-8-24)21-35(2,3)31(25-11-17-28(33)18-12-25)26-13-19-29(34)20-14-26/h9-20,24,35H,4-8,21H2,1-3H3/b30-22-. The Morgan fingerprint density at radius 2 is 1.14 bits per heavy atom. The number of hydrogen-bond donors (Lipinski definition) is 0. The van der Waals surface area contributed by atoms with E-state index in [0.29, 0.717) is 5.92 Å². The predicted octanol–water partition coefficient (Wildman–Crippen LogP) is 7.27. The average molecular weight is 494 g/mol. The van der Waals surface area contributed by atoms with Crippen molar-refractivity contribution >= 4 is 30.1 Å². The molecular formula is C30H35BF3P. The molecular weight excluding hydrogens is 459 g/mol. The molecule has 0 bridgehead atoms. The van der Waals surface area contributed by atoms with E-state index in [4.69, 9.17) is 0 Å². The Bertz CT molecular complexity index is 1100. The van der Waals surface area contributed by atoms with Crippen molar-refractivity contribution in [3.63, 3.8) is 0 Å². The van der Waals surface area contributed by atoms with Crippen LogP contribution < -0.4 is 10.9 Å². The third-order valence-corrected chi connectivity index (χ3v) is 11.2. The van der Waals surface area contributed by atoms with Crippen LogP contribution in [0.5, 0.6) is 0 Å². The summed E-state index contributed by atoms with van der Waals surface area (Å²) in [6.07, 6.45) is 7.24. The van der Waals surface area contributed by atoms with Crippen molar-refractivity contribution in [1.82, 2.24) is 0 Å². The second-order valence-electron chi connectivity index (χ2n) is 10.7. The molecule has 0 aliphatic heterocycles. The number of benzene rings is 3. The van der Waals surface area contributed by atoms with Gasteiger partial charge in [0.15, 0.2) is 0 Å². The molecule has 4 rings (SSSR count). The van der Waals surface area contributed by atoms with Crippen LogP contribution in [0, 0.1) is 23.4 Å². The van der Waals surface area contributed by atoms with Gasteiger partial charge in [0, 0.05) is 0 Å². The molecule has 0 nitrogen and oxygen atoms in total. The summed E-state index contributed by atoms with van der Waals surface area (Å²) in [5.41, 5.74) is 5.99. The van der Waals surface area contributed by atoms with Gasteiger partial charge in [-0.2, -0.15) is 0 Å². The van der Waals surface area contributed by atoms with Gasteiger partial charge in [0.2, 0.25) is 0 Å². The Kier molecular flexibility index (Phi) is 8.22. The van der Waals surface area contributed by atoms with Crippen molar-refractivity contribution in [1.29, 1.82) is 0 Å². The van der Waals surface area contributed by atoms with E-state index in [-0.39, 0.29) is 23.9 Å². The van der Waals surface area contributed by atoms with E-state index in [1.165, 1.54) is 67.5 Å². The second-order valence-corrected chi connectivity index (χ2v) is 15.6. The molecule has 0 spiro atoms. The Morgan fingerprint density at radius 1 is 0.714 bits per heavy atom. The number of allylic oxidation sites excluding steroid dienone is 2. The number of rotatable bonds is 7. The van der Waals surface area contributed by atoms with Crippen molar-refractivity contribution in [2.24, 2.45) is 5.92 Å². The fourth-order valence-electron chi connectivity index (χ4n) is 5.92. The van der Waals surface area contributed by atoms with Gasteiger partial charge in [0.1, 0.15) is 0 Å². The molecule has 184 valence electrons. The summed E-state index contributed by atoms with van der Waals surface area (Å²) in [6.45, 7) is 6.97. The molecule has 0 N–H and O–H groups in total. The van der Waals surface area contributed by atoms with Crippen LogP contribution in [0.3, 0.4) is 0 Å². The normalized spacial score (nSPS) is 16.1. The van der Waals surface area contributed by atoms with Gasteiger partial charge in [-0.25, -0.2) is 0 Å². The fourth-order valence-corrected chi connectivity index (χ4v) is 9.85. The maximum atomic E-state index is 13.8. The number of hydrogen-bond acceptors (Lipinski definition) is 0. The zero-order valence-corrected chi connectivity index (χ0v) is 22.0. The third-order valence-electron chi connectivity index (χ3n) is 7.69.